The third-order valence-electron chi connectivity index (χ3n) is 10.1. The summed E-state index contributed by atoms with van der Waals surface area (Å²) in [4.78, 5) is 49.3. The van der Waals surface area contributed by atoms with E-state index in [4.69, 9.17) is 4.74 Å². The minimum absolute atomic E-state index is 0.158. The molecule has 0 aliphatic carbocycles. The highest BCUT2D eigenvalue weighted by Gasteiger charge is 2.79. The molecule has 45 heavy (non-hydrogen) atoms. The fourth-order valence-electron chi connectivity index (χ4n) is 8.08. The van der Waals surface area contributed by atoms with Gasteiger partial charge in [0, 0.05) is 25.7 Å². The van der Waals surface area contributed by atoms with Crippen molar-refractivity contribution in [3.63, 3.8) is 0 Å². The van der Waals surface area contributed by atoms with Crippen LogP contribution in [0, 0.1) is 11.8 Å². The number of hydrogen-bond acceptors (Lipinski definition) is 5. The zero-order valence-electron chi connectivity index (χ0n) is 26.8. The van der Waals surface area contributed by atoms with Crippen molar-refractivity contribution in [3.8, 4) is 0 Å². The number of rotatable bonds is 14. The summed E-state index contributed by atoms with van der Waals surface area (Å²) < 4.78 is 7.03. The molecular formula is C37H47N3O5. The topological polar surface area (TPSA) is 90.4 Å². The summed E-state index contributed by atoms with van der Waals surface area (Å²) in [7, 11) is 0. The second kappa shape index (κ2) is 13.3. The summed E-state index contributed by atoms with van der Waals surface area (Å²) in [6.07, 6.45) is 5.35. The zero-order valence-corrected chi connectivity index (χ0v) is 26.8. The van der Waals surface area contributed by atoms with Crippen LogP contribution in [0.3, 0.4) is 0 Å². The Hall–Kier alpha value is -3.75. The van der Waals surface area contributed by atoms with Gasteiger partial charge in [0.15, 0.2) is 0 Å². The quantitative estimate of drug-likeness (QED) is 0.320. The lowest BCUT2D eigenvalue weighted by molar-refractivity contribution is -0.158. The number of carbonyl (C=O) groups is 3. The summed E-state index contributed by atoms with van der Waals surface area (Å²) >= 11 is 0. The second-order valence-corrected chi connectivity index (χ2v) is 13.0. The van der Waals surface area contributed by atoms with Crippen LogP contribution in [-0.4, -0.2) is 86.6 Å². The number of carbonyl (C=O) groups excluding carboxylic acids is 3. The predicted octanol–water partition coefficient (Wildman–Crippen LogP) is 4.38. The lowest BCUT2D eigenvalue weighted by atomic mass is 9.64. The highest BCUT2D eigenvalue weighted by Crippen LogP contribution is 2.65. The van der Waals surface area contributed by atoms with Gasteiger partial charge in [0.25, 0.3) is 0 Å². The average Bonchev–Trinajstić information content (AvgIpc) is 3.66. The fraction of sp³-hybridized carbons (Fsp3) is 0.486. The summed E-state index contributed by atoms with van der Waals surface area (Å²) in [5, 5.41) is 10.8. The summed E-state index contributed by atoms with van der Waals surface area (Å²) in [5.41, 5.74) is -0.132. The third-order valence-corrected chi connectivity index (χ3v) is 10.1. The third kappa shape index (κ3) is 5.63. The van der Waals surface area contributed by atoms with Crippen molar-refractivity contribution in [1.82, 2.24) is 14.7 Å². The number of amides is 3. The number of aliphatic hydroxyl groups is 1. The molecule has 2 aromatic carbocycles. The van der Waals surface area contributed by atoms with Crippen molar-refractivity contribution >= 4 is 17.7 Å². The van der Waals surface area contributed by atoms with Crippen molar-refractivity contribution in [2.45, 2.75) is 82.3 Å². The summed E-state index contributed by atoms with van der Waals surface area (Å²) in [6.45, 7) is 14.3. The van der Waals surface area contributed by atoms with Crippen LogP contribution >= 0.6 is 0 Å². The second-order valence-electron chi connectivity index (χ2n) is 13.0. The number of hydrogen-bond donors (Lipinski definition) is 1. The molecule has 240 valence electrons. The zero-order chi connectivity index (χ0) is 32.4. The van der Waals surface area contributed by atoms with E-state index in [1.54, 1.807) is 26.9 Å². The maximum atomic E-state index is 14.9. The predicted molar refractivity (Wildman–Crippen MR) is 174 cm³/mol. The molecule has 2 unspecified atom stereocenters. The van der Waals surface area contributed by atoms with Crippen LogP contribution in [0.5, 0.6) is 0 Å². The minimum Gasteiger partial charge on any atom is -0.394 e. The van der Waals surface area contributed by atoms with E-state index in [0.717, 1.165) is 11.1 Å². The fourth-order valence-corrected chi connectivity index (χ4v) is 8.08. The molecule has 2 aromatic rings. The standard InChI is InChI=1S/C37H47N3O5/c1-6-21-38(24-28-17-13-10-14-18-28)33(42)30-31-34(43)40(29(25-41)23-27-15-11-9-12-16-27)32(35(44)39(22-7-2)26(4)5)37(31)20-19-36(30,8-3)45-37/h6-7,9-18,26,29-32,41H,1-2,8,19-25H2,3-5H3/t29-,30+,31+,32?,36-,37?/m1/s1. The lowest BCUT2D eigenvalue weighted by Crippen LogP contribution is -2.60. The van der Waals surface area contributed by atoms with Crippen LogP contribution in [0.1, 0.15) is 51.2 Å². The number of aliphatic hydroxyl groups excluding tert-OH is 1. The van der Waals surface area contributed by atoms with Gasteiger partial charge in [-0.2, -0.15) is 0 Å². The molecular weight excluding hydrogens is 566 g/mol. The van der Waals surface area contributed by atoms with Gasteiger partial charge in [-0.1, -0.05) is 79.7 Å². The Bertz CT molecular complexity index is 1400. The first-order valence-corrected chi connectivity index (χ1v) is 16.2. The number of benzene rings is 2. The van der Waals surface area contributed by atoms with Crippen LogP contribution in [0.25, 0.3) is 0 Å². The van der Waals surface area contributed by atoms with Gasteiger partial charge in [0.05, 0.1) is 30.1 Å². The van der Waals surface area contributed by atoms with Gasteiger partial charge in [-0.05, 0) is 50.7 Å². The van der Waals surface area contributed by atoms with E-state index in [-0.39, 0.29) is 30.4 Å². The van der Waals surface area contributed by atoms with Crippen molar-refractivity contribution in [3.05, 3.63) is 97.1 Å². The average molecular weight is 614 g/mol. The summed E-state index contributed by atoms with van der Waals surface area (Å²) in [5.74, 6) is -2.31. The molecule has 8 heteroatoms. The van der Waals surface area contributed by atoms with Gasteiger partial charge in [-0.15, -0.1) is 13.2 Å². The Morgan fingerprint density at radius 3 is 2.18 bits per heavy atom. The maximum absolute atomic E-state index is 14.9. The largest absolute Gasteiger partial charge is 0.394 e. The molecule has 0 radical (unpaired) electrons. The van der Waals surface area contributed by atoms with E-state index in [0.29, 0.717) is 45.3 Å². The minimum atomic E-state index is -1.19. The Morgan fingerprint density at radius 1 is 1.00 bits per heavy atom. The smallest absolute Gasteiger partial charge is 0.248 e. The van der Waals surface area contributed by atoms with Gasteiger partial charge >= 0.3 is 0 Å². The van der Waals surface area contributed by atoms with E-state index in [1.807, 2.05) is 81.4 Å². The van der Waals surface area contributed by atoms with Crippen LogP contribution < -0.4 is 0 Å². The maximum Gasteiger partial charge on any atom is 0.248 e. The molecule has 5 rings (SSSR count). The molecule has 8 nitrogen and oxygen atoms in total. The first-order chi connectivity index (χ1) is 21.7. The van der Waals surface area contributed by atoms with Gasteiger partial charge in [0.1, 0.15) is 11.6 Å². The SMILES string of the molecule is C=CCN(Cc1ccccc1)C(=O)[C@@H]1[C@H]2C(=O)N([C@@H](CO)Cc3ccccc3)C(C(=O)N(CC=C)C(C)C)C23CC[C@@]1(CC)O3. The van der Waals surface area contributed by atoms with E-state index < -0.39 is 35.1 Å². The van der Waals surface area contributed by atoms with Crippen molar-refractivity contribution in [2.75, 3.05) is 19.7 Å². The van der Waals surface area contributed by atoms with Crippen LogP contribution in [0.2, 0.25) is 0 Å². The molecule has 1 N–H and O–H groups in total. The van der Waals surface area contributed by atoms with Gasteiger partial charge in [0.2, 0.25) is 17.7 Å². The van der Waals surface area contributed by atoms with E-state index in [9.17, 15) is 19.5 Å². The molecule has 0 saturated carbocycles. The molecule has 3 heterocycles. The number of nitrogens with zero attached hydrogens (tertiary/aromatic N) is 3. The molecule has 3 aliphatic heterocycles. The molecule has 3 aliphatic rings. The first-order valence-electron chi connectivity index (χ1n) is 16.2. The number of ether oxygens (including phenoxy) is 1. The van der Waals surface area contributed by atoms with Crippen LogP contribution in [0.15, 0.2) is 86.0 Å². The Labute approximate surface area is 267 Å². The number of likely N-dealkylation sites (tertiary alicyclic amines) is 1. The van der Waals surface area contributed by atoms with E-state index in [2.05, 4.69) is 13.2 Å². The van der Waals surface area contributed by atoms with Crippen molar-refractivity contribution in [2.24, 2.45) is 11.8 Å². The van der Waals surface area contributed by atoms with Gasteiger partial charge < -0.3 is 24.5 Å². The van der Waals surface area contributed by atoms with Crippen LogP contribution in [-0.2, 0) is 32.1 Å². The molecule has 6 atom stereocenters. The molecule has 0 aromatic heterocycles. The van der Waals surface area contributed by atoms with Gasteiger partial charge in [-0.3, -0.25) is 14.4 Å². The van der Waals surface area contributed by atoms with Crippen molar-refractivity contribution in [1.29, 1.82) is 0 Å². The highest BCUT2D eigenvalue weighted by atomic mass is 16.5. The van der Waals surface area contributed by atoms with E-state index in [1.165, 1.54) is 0 Å². The monoisotopic (exact) mass is 613 g/mol. The van der Waals surface area contributed by atoms with Crippen LogP contribution in [0.4, 0.5) is 0 Å². The Kier molecular flexibility index (Phi) is 9.65. The molecule has 2 bridgehead atoms. The molecule has 3 amide bonds. The Morgan fingerprint density at radius 2 is 1.62 bits per heavy atom. The highest BCUT2D eigenvalue weighted by molar-refractivity contribution is 5.99. The number of fused-ring (bicyclic) bond motifs is 1. The molecule has 1 spiro atoms. The Balaban J connectivity index is 1.61. The van der Waals surface area contributed by atoms with Gasteiger partial charge in [-0.25, -0.2) is 0 Å². The van der Waals surface area contributed by atoms with Crippen molar-refractivity contribution < 1.29 is 24.2 Å². The lowest BCUT2D eigenvalue weighted by Gasteiger charge is -2.40. The summed E-state index contributed by atoms with van der Waals surface area (Å²) in [6, 6.07) is 17.6. The van der Waals surface area contributed by atoms with E-state index >= 15 is 0 Å². The first kappa shape index (κ1) is 32.6. The molecule has 3 fully saturated rings. The molecule has 3 saturated heterocycles. The normalized spacial score (nSPS) is 27.4.